The second kappa shape index (κ2) is 6.85. The Morgan fingerprint density at radius 2 is 2.28 bits per heavy atom. The molecule has 1 atom stereocenters. The summed E-state index contributed by atoms with van der Waals surface area (Å²) < 4.78 is 7.66. The van der Waals surface area contributed by atoms with Crippen molar-refractivity contribution in [3.8, 4) is 0 Å². The van der Waals surface area contributed by atoms with Crippen LogP contribution in [-0.2, 0) is 17.7 Å². The minimum atomic E-state index is 0.386. The zero-order valence-electron chi connectivity index (χ0n) is 11.5. The molecule has 1 N–H and O–H groups in total. The van der Waals surface area contributed by atoms with Crippen molar-refractivity contribution in [2.75, 3.05) is 19.8 Å². The summed E-state index contributed by atoms with van der Waals surface area (Å²) in [6, 6.07) is 0.386. The van der Waals surface area contributed by atoms with E-state index in [0.717, 1.165) is 57.2 Å². The van der Waals surface area contributed by atoms with Gasteiger partial charge in [-0.15, -0.1) is 10.2 Å². The van der Waals surface area contributed by atoms with E-state index in [2.05, 4.69) is 27.0 Å². The third-order valence-corrected chi connectivity index (χ3v) is 3.36. The Morgan fingerprint density at radius 3 is 3.06 bits per heavy atom. The molecule has 1 aromatic rings. The van der Waals surface area contributed by atoms with Gasteiger partial charge in [-0.3, -0.25) is 0 Å². The number of hydrogen-bond acceptors (Lipinski definition) is 4. The van der Waals surface area contributed by atoms with Crippen LogP contribution < -0.4 is 5.32 Å². The summed E-state index contributed by atoms with van der Waals surface area (Å²) >= 11 is 0. The van der Waals surface area contributed by atoms with Crippen LogP contribution in [0.5, 0.6) is 0 Å². The molecule has 18 heavy (non-hydrogen) atoms. The number of aryl methyl sites for hydroxylation is 1. The number of ether oxygens (including phenoxy) is 1. The average Bonchev–Trinajstić information content (AvgIpc) is 2.80. The fourth-order valence-electron chi connectivity index (χ4n) is 2.47. The highest BCUT2D eigenvalue weighted by atomic mass is 16.5. The lowest BCUT2D eigenvalue weighted by molar-refractivity contribution is 0.144. The lowest BCUT2D eigenvalue weighted by Crippen LogP contribution is -2.34. The predicted octanol–water partition coefficient (Wildman–Crippen LogP) is 1.69. The zero-order valence-corrected chi connectivity index (χ0v) is 11.5. The molecule has 0 saturated heterocycles. The van der Waals surface area contributed by atoms with Crippen LogP contribution in [0.2, 0.25) is 0 Å². The monoisotopic (exact) mass is 252 g/mol. The van der Waals surface area contributed by atoms with E-state index in [1.54, 1.807) is 0 Å². The van der Waals surface area contributed by atoms with Crippen LogP contribution in [0.3, 0.4) is 0 Å². The second-order valence-corrected chi connectivity index (χ2v) is 4.72. The Kier molecular flexibility index (Phi) is 5.13. The van der Waals surface area contributed by atoms with Gasteiger partial charge in [0.1, 0.15) is 11.6 Å². The standard InChI is InChI=1S/C13H24N4O/c1-3-6-11-13-16-15-12(7-5-10-18-4-2)17(13)9-8-14-11/h11,14H,3-10H2,1-2H3. The first kappa shape index (κ1) is 13.5. The summed E-state index contributed by atoms with van der Waals surface area (Å²) in [6.45, 7) is 7.86. The van der Waals surface area contributed by atoms with E-state index in [0.29, 0.717) is 6.04 Å². The molecule has 2 rings (SSSR count). The first-order chi connectivity index (χ1) is 8.86. The molecule has 0 radical (unpaired) electrons. The molecule has 1 aliphatic rings. The zero-order chi connectivity index (χ0) is 12.8. The van der Waals surface area contributed by atoms with Gasteiger partial charge in [-0.2, -0.15) is 0 Å². The van der Waals surface area contributed by atoms with Crippen LogP contribution >= 0.6 is 0 Å². The number of nitrogens with zero attached hydrogens (tertiary/aromatic N) is 3. The van der Waals surface area contributed by atoms with Crippen molar-refractivity contribution >= 4 is 0 Å². The predicted molar refractivity (Wildman–Crippen MR) is 70.5 cm³/mol. The van der Waals surface area contributed by atoms with Gasteiger partial charge in [0.15, 0.2) is 0 Å². The van der Waals surface area contributed by atoms with Crippen LogP contribution in [0.1, 0.15) is 50.8 Å². The third kappa shape index (κ3) is 3.09. The molecule has 5 nitrogen and oxygen atoms in total. The molecule has 0 saturated carbocycles. The van der Waals surface area contributed by atoms with E-state index in [-0.39, 0.29) is 0 Å². The molecule has 1 aliphatic heterocycles. The van der Waals surface area contributed by atoms with Gasteiger partial charge in [0.2, 0.25) is 0 Å². The normalized spacial score (nSPS) is 18.9. The minimum Gasteiger partial charge on any atom is -0.382 e. The summed E-state index contributed by atoms with van der Waals surface area (Å²) in [5.74, 6) is 2.24. The van der Waals surface area contributed by atoms with E-state index >= 15 is 0 Å². The largest absolute Gasteiger partial charge is 0.382 e. The summed E-state index contributed by atoms with van der Waals surface area (Å²) in [6.07, 6.45) is 4.30. The fourth-order valence-corrected chi connectivity index (χ4v) is 2.47. The molecule has 102 valence electrons. The Hall–Kier alpha value is -0.940. The van der Waals surface area contributed by atoms with E-state index < -0.39 is 0 Å². The maximum Gasteiger partial charge on any atom is 0.150 e. The van der Waals surface area contributed by atoms with Crippen molar-refractivity contribution in [3.63, 3.8) is 0 Å². The number of fused-ring (bicyclic) bond motifs is 1. The smallest absolute Gasteiger partial charge is 0.150 e. The highest BCUT2D eigenvalue weighted by Gasteiger charge is 2.23. The molecule has 0 fully saturated rings. The Bertz CT molecular complexity index is 364. The van der Waals surface area contributed by atoms with Crippen molar-refractivity contribution in [1.29, 1.82) is 0 Å². The Labute approximate surface area is 109 Å². The van der Waals surface area contributed by atoms with Gasteiger partial charge in [-0.25, -0.2) is 0 Å². The number of hydrogen-bond donors (Lipinski definition) is 1. The maximum absolute atomic E-state index is 5.37. The van der Waals surface area contributed by atoms with Crippen molar-refractivity contribution in [2.45, 2.75) is 52.1 Å². The molecule has 0 aliphatic carbocycles. The maximum atomic E-state index is 5.37. The first-order valence-corrected chi connectivity index (χ1v) is 7.09. The molecule has 5 heteroatoms. The SMILES string of the molecule is CCCC1NCCn2c(CCCOCC)nnc21. The lowest BCUT2D eigenvalue weighted by atomic mass is 10.1. The van der Waals surface area contributed by atoms with E-state index in [1.807, 2.05) is 6.92 Å². The van der Waals surface area contributed by atoms with Crippen molar-refractivity contribution in [2.24, 2.45) is 0 Å². The van der Waals surface area contributed by atoms with Gasteiger partial charge in [0.05, 0.1) is 6.04 Å². The van der Waals surface area contributed by atoms with Crippen LogP contribution in [0.25, 0.3) is 0 Å². The van der Waals surface area contributed by atoms with Gasteiger partial charge in [0.25, 0.3) is 0 Å². The molecule has 0 aromatic carbocycles. The molecule has 2 heterocycles. The van der Waals surface area contributed by atoms with Gasteiger partial charge in [0, 0.05) is 32.7 Å². The molecular formula is C13H24N4O. The summed E-state index contributed by atoms with van der Waals surface area (Å²) in [5, 5.41) is 12.2. The van der Waals surface area contributed by atoms with E-state index in [1.165, 1.54) is 6.42 Å². The van der Waals surface area contributed by atoms with Crippen LogP contribution in [0.4, 0.5) is 0 Å². The molecule has 1 unspecified atom stereocenters. The highest BCUT2D eigenvalue weighted by molar-refractivity contribution is 5.04. The Balaban J connectivity index is 1.97. The minimum absolute atomic E-state index is 0.386. The topological polar surface area (TPSA) is 52.0 Å². The van der Waals surface area contributed by atoms with Crippen LogP contribution in [-0.4, -0.2) is 34.5 Å². The molecule has 0 spiro atoms. The fraction of sp³-hybridized carbons (Fsp3) is 0.846. The summed E-state index contributed by atoms with van der Waals surface area (Å²) in [4.78, 5) is 0. The number of nitrogens with one attached hydrogen (secondary N) is 1. The highest BCUT2D eigenvalue weighted by Crippen LogP contribution is 2.21. The summed E-state index contributed by atoms with van der Waals surface area (Å²) in [5.41, 5.74) is 0. The van der Waals surface area contributed by atoms with E-state index in [9.17, 15) is 0 Å². The quantitative estimate of drug-likeness (QED) is 0.750. The van der Waals surface area contributed by atoms with Gasteiger partial charge >= 0.3 is 0 Å². The Morgan fingerprint density at radius 1 is 1.39 bits per heavy atom. The summed E-state index contributed by atoms with van der Waals surface area (Å²) in [7, 11) is 0. The van der Waals surface area contributed by atoms with E-state index in [4.69, 9.17) is 4.74 Å². The average molecular weight is 252 g/mol. The van der Waals surface area contributed by atoms with Gasteiger partial charge in [-0.1, -0.05) is 13.3 Å². The lowest BCUT2D eigenvalue weighted by Gasteiger charge is -2.24. The van der Waals surface area contributed by atoms with Crippen LogP contribution in [0.15, 0.2) is 0 Å². The van der Waals surface area contributed by atoms with Crippen molar-refractivity contribution in [1.82, 2.24) is 20.1 Å². The number of aromatic nitrogens is 3. The second-order valence-electron chi connectivity index (χ2n) is 4.72. The number of rotatable bonds is 7. The molecule has 0 bridgehead atoms. The van der Waals surface area contributed by atoms with Gasteiger partial charge in [-0.05, 0) is 19.8 Å². The van der Waals surface area contributed by atoms with Crippen molar-refractivity contribution < 1.29 is 4.74 Å². The first-order valence-electron chi connectivity index (χ1n) is 7.09. The third-order valence-electron chi connectivity index (χ3n) is 3.36. The molecule has 0 amide bonds. The molecular weight excluding hydrogens is 228 g/mol. The molecule has 1 aromatic heterocycles. The van der Waals surface area contributed by atoms with Gasteiger partial charge < -0.3 is 14.6 Å². The van der Waals surface area contributed by atoms with Crippen molar-refractivity contribution in [3.05, 3.63) is 11.6 Å². The van der Waals surface area contributed by atoms with Crippen LogP contribution in [0, 0.1) is 0 Å².